The van der Waals surface area contributed by atoms with Crippen molar-refractivity contribution in [3.05, 3.63) is 77.0 Å². The molecule has 35 heavy (non-hydrogen) atoms. The molecule has 182 valence electrons. The number of hydrogen-bond donors (Lipinski definition) is 4. The number of amides is 2. The number of nitrogens with zero attached hydrogens (tertiary/aromatic N) is 1. The van der Waals surface area contributed by atoms with Crippen LogP contribution in [0.15, 0.2) is 54.6 Å². The summed E-state index contributed by atoms with van der Waals surface area (Å²) in [5.74, 6) is 0.0148. The van der Waals surface area contributed by atoms with Gasteiger partial charge in [-0.05, 0) is 69.4 Å². The summed E-state index contributed by atoms with van der Waals surface area (Å²) in [5.41, 5.74) is 3.37. The molecule has 8 heteroatoms. The van der Waals surface area contributed by atoms with E-state index < -0.39 is 11.7 Å². The number of para-hydroxylation sites is 1. The van der Waals surface area contributed by atoms with Crippen molar-refractivity contribution in [2.45, 2.75) is 52.2 Å². The minimum absolute atomic E-state index is 0.0404. The largest absolute Gasteiger partial charge is 0.505 e. The van der Waals surface area contributed by atoms with Crippen LogP contribution in [0.4, 0.5) is 22.0 Å². The van der Waals surface area contributed by atoms with Crippen LogP contribution >= 0.6 is 0 Å². The number of rotatable bonds is 5. The topological polar surface area (TPSA) is 113 Å². The molecule has 4 N–H and O–H groups in total. The molecule has 0 bridgehead atoms. The lowest BCUT2D eigenvalue weighted by Crippen LogP contribution is -2.36. The number of carbonyl (C=O) groups is 2. The quantitative estimate of drug-likeness (QED) is 0.384. The summed E-state index contributed by atoms with van der Waals surface area (Å²) in [7, 11) is 0. The van der Waals surface area contributed by atoms with Crippen LogP contribution < -0.4 is 16.0 Å². The number of aryl methyl sites for hydroxylation is 1. The van der Waals surface area contributed by atoms with Gasteiger partial charge < -0.3 is 20.5 Å². The number of aromatic hydroxyl groups is 1. The molecule has 1 aliphatic carbocycles. The van der Waals surface area contributed by atoms with Crippen LogP contribution in [0.1, 0.15) is 48.0 Å². The first kappa shape index (κ1) is 24.1. The second-order valence-corrected chi connectivity index (χ2v) is 9.70. The zero-order valence-corrected chi connectivity index (χ0v) is 20.3. The zero-order valence-electron chi connectivity index (χ0n) is 20.3. The van der Waals surface area contributed by atoms with Crippen molar-refractivity contribution in [3.63, 3.8) is 0 Å². The Morgan fingerprint density at radius 1 is 1.03 bits per heavy atom. The minimum atomic E-state index is -0.677. The molecular formula is C27H30N4O4. The molecule has 8 nitrogen and oxygen atoms in total. The molecule has 0 unspecified atom stereocenters. The van der Waals surface area contributed by atoms with Gasteiger partial charge in [0, 0.05) is 12.1 Å². The molecule has 0 atom stereocenters. The number of carbonyl (C=O) groups excluding carboxylic acids is 2. The van der Waals surface area contributed by atoms with Crippen molar-refractivity contribution in [2.75, 3.05) is 10.6 Å². The molecule has 2 aromatic carbocycles. The number of pyridine rings is 1. The predicted molar refractivity (Wildman–Crippen MR) is 135 cm³/mol. The van der Waals surface area contributed by atoms with Crippen LogP contribution in [-0.2, 0) is 17.6 Å². The highest BCUT2D eigenvalue weighted by molar-refractivity contribution is 5.95. The SMILES string of the molecule is Cc1cccc(Nc2cc(NC(=O)OC(C)(C)C)cc(C(=O)NC3Cc4ccccc4C3)n2)c1O. The maximum Gasteiger partial charge on any atom is 0.412 e. The lowest BCUT2D eigenvalue weighted by molar-refractivity contribution is 0.0635. The number of phenols is 1. The Hall–Kier alpha value is -4.07. The highest BCUT2D eigenvalue weighted by Crippen LogP contribution is 2.30. The van der Waals surface area contributed by atoms with E-state index in [1.54, 1.807) is 52.0 Å². The molecule has 0 saturated carbocycles. The Morgan fingerprint density at radius 2 is 1.71 bits per heavy atom. The molecule has 2 amide bonds. The number of benzene rings is 2. The van der Waals surface area contributed by atoms with Crippen LogP contribution in [-0.4, -0.2) is 33.7 Å². The molecule has 0 spiro atoms. The first-order valence-corrected chi connectivity index (χ1v) is 11.5. The van der Waals surface area contributed by atoms with E-state index in [0.717, 1.165) is 12.8 Å². The monoisotopic (exact) mass is 474 g/mol. The number of ether oxygens (including phenoxy) is 1. The van der Waals surface area contributed by atoms with Gasteiger partial charge in [-0.15, -0.1) is 0 Å². The molecule has 3 aromatic rings. The van der Waals surface area contributed by atoms with Gasteiger partial charge in [0.15, 0.2) is 0 Å². The highest BCUT2D eigenvalue weighted by Gasteiger charge is 2.24. The summed E-state index contributed by atoms with van der Waals surface area (Å²) >= 11 is 0. The standard InChI is InChI=1S/C27H30N4O4/c1-16-8-7-11-21(24(16)32)30-23-15-20(29-26(34)35-27(2,3)4)14-22(31-23)25(33)28-19-12-17-9-5-6-10-18(17)13-19/h5-11,14-15,19,32H,12-13H2,1-4H3,(H,28,33)(H2,29,30,31,34). The maximum atomic E-state index is 13.1. The molecule has 0 aliphatic heterocycles. The van der Waals surface area contributed by atoms with E-state index in [0.29, 0.717) is 22.8 Å². The van der Waals surface area contributed by atoms with E-state index in [4.69, 9.17) is 4.74 Å². The fraction of sp³-hybridized carbons (Fsp3) is 0.296. The highest BCUT2D eigenvalue weighted by atomic mass is 16.6. The van der Waals surface area contributed by atoms with E-state index in [-0.39, 0.29) is 23.4 Å². The summed E-state index contributed by atoms with van der Waals surface area (Å²) in [4.78, 5) is 30.0. The molecule has 0 saturated heterocycles. The smallest absolute Gasteiger partial charge is 0.412 e. The third-order valence-electron chi connectivity index (χ3n) is 5.59. The van der Waals surface area contributed by atoms with Gasteiger partial charge in [-0.25, -0.2) is 9.78 Å². The molecular weight excluding hydrogens is 444 g/mol. The van der Waals surface area contributed by atoms with Crippen molar-refractivity contribution in [3.8, 4) is 5.75 Å². The van der Waals surface area contributed by atoms with Crippen molar-refractivity contribution < 1.29 is 19.4 Å². The fourth-order valence-corrected chi connectivity index (χ4v) is 4.02. The van der Waals surface area contributed by atoms with Crippen LogP contribution in [0.3, 0.4) is 0 Å². The van der Waals surface area contributed by atoms with Gasteiger partial charge in [0.2, 0.25) is 0 Å². The van der Waals surface area contributed by atoms with E-state index in [2.05, 4.69) is 33.1 Å². The van der Waals surface area contributed by atoms with Crippen LogP contribution in [0, 0.1) is 6.92 Å². The number of fused-ring (bicyclic) bond motifs is 1. The van der Waals surface area contributed by atoms with Crippen molar-refractivity contribution in [1.29, 1.82) is 0 Å². The van der Waals surface area contributed by atoms with Crippen molar-refractivity contribution >= 4 is 29.2 Å². The van der Waals surface area contributed by atoms with E-state index in [9.17, 15) is 14.7 Å². The first-order chi connectivity index (χ1) is 16.6. The minimum Gasteiger partial charge on any atom is -0.505 e. The van der Waals surface area contributed by atoms with Crippen LogP contribution in [0.25, 0.3) is 0 Å². The lowest BCUT2D eigenvalue weighted by Gasteiger charge is -2.20. The Morgan fingerprint density at radius 3 is 2.37 bits per heavy atom. The number of aromatic nitrogens is 1. The molecule has 4 rings (SSSR count). The third-order valence-corrected chi connectivity index (χ3v) is 5.59. The Balaban J connectivity index is 1.58. The summed E-state index contributed by atoms with van der Waals surface area (Å²) in [5, 5.41) is 19.2. The van der Waals surface area contributed by atoms with Crippen LogP contribution in [0.2, 0.25) is 0 Å². The average molecular weight is 475 g/mol. The zero-order chi connectivity index (χ0) is 25.2. The normalized spacial score (nSPS) is 13.1. The summed E-state index contributed by atoms with van der Waals surface area (Å²) < 4.78 is 5.35. The molecule has 1 aliphatic rings. The van der Waals surface area contributed by atoms with E-state index in [1.165, 1.54) is 17.2 Å². The lowest BCUT2D eigenvalue weighted by atomic mass is 10.1. The Labute approximate surface area is 204 Å². The number of phenolic OH excluding ortho intramolecular Hbond substituents is 1. The Kier molecular flexibility index (Phi) is 6.64. The molecule has 0 fully saturated rings. The van der Waals surface area contributed by atoms with Gasteiger partial charge in [-0.1, -0.05) is 36.4 Å². The fourth-order valence-electron chi connectivity index (χ4n) is 4.02. The average Bonchev–Trinajstić information content (AvgIpc) is 3.17. The summed E-state index contributed by atoms with van der Waals surface area (Å²) in [6.07, 6.45) is 0.853. The van der Waals surface area contributed by atoms with Crippen molar-refractivity contribution in [2.24, 2.45) is 0 Å². The summed E-state index contributed by atoms with van der Waals surface area (Å²) in [6, 6.07) is 16.5. The van der Waals surface area contributed by atoms with Gasteiger partial charge in [-0.3, -0.25) is 10.1 Å². The maximum absolute atomic E-state index is 13.1. The molecule has 1 heterocycles. The molecule has 0 radical (unpaired) electrons. The summed E-state index contributed by atoms with van der Waals surface area (Å²) in [6.45, 7) is 7.09. The number of nitrogens with one attached hydrogen (secondary N) is 3. The van der Waals surface area contributed by atoms with Crippen molar-refractivity contribution in [1.82, 2.24) is 10.3 Å². The molecule has 1 aromatic heterocycles. The second-order valence-electron chi connectivity index (χ2n) is 9.70. The first-order valence-electron chi connectivity index (χ1n) is 11.5. The third kappa shape index (κ3) is 6.09. The second kappa shape index (κ2) is 9.66. The van der Waals surface area contributed by atoms with E-state index in [1.807, 2.05) is 12.1 Å². The van der Waals surface area contributed by atoms with Gasteiger partial charge in [0.05, 0.1) is 11.4 Å². The van der Waals surface area contributed by atoms with Crippen LogP contribution in [0.5, 0.6) is 5.75 Å². The number of hydrogen-bond acceptors (Lipinski definition) is 6. The number of anilines is 3. The van der Waals surface area contributed by atoms with Gasteiger partial charge in [0.25, 0.3) is 5.91 Å². The predicted octanol–water partition coefficient (Wildman–Crippen LogP) is 5.08. The van der Waals surface area contributed by atoms with Gasteiger partial charge in [-0.2, -0.15) is 0 Å². The van der Waals surface area contributed by atoms with Gasteiger partial charge in [0.1, 0.15) is 22.9 Å². The Bertz CT molecular complexity index is 1240. The van der Waals surface area contributed by atoms with Gasteiger partial charge >= 0.3 is 6.09 Å². The van der Waals surface area contributed by atoms with E-state index >= 15 is 0 Å².